The Morgan fingerprint density at radius 3 is 2.59 bits per heavy atom. The van der Waals surface area contributed by atoms with Crippen molar-refractivity contribution in [3.63, 3.8) is 0 Å². The SMILES string of the molecule is Cc1cccc(Cn2nc(C)c(NC(=O)CCn3cc([N+](=O)[O-])c(C)n3)c2C)c1. The topological polar surface area (TPSA) is 108 Å². The number of amides is 1. The number of hydrogen-bond acceptors (Lipinski definition) is 5. The van der Waals surface area contributed by atoms with Gasteiger partial charge in [0, 0.05) is 13.0 Å². The quantitative estimate of drug-likeness (QED) is 0.487. The highest BCUT2D eigenvalue weighted by atomic mass is 16.6. The highest BCUT2D eigenvalue weighted by Gasteiger charge is 2.17. The van der Waals surface area contributed by atoms with E-state index in [0.29, 0.717) is 17.9 Å². The van der Waals surface area contributed by atoms with Gasteiger partial charge >= 0.3 is 5.69 Å². The van der Waals surface area contributed by atoms with E-state index in [1.807, 2.05) is 43.7 Å². The largest absolute Gasteiger partial charge is 0.323 e. The lowest BCUT2D eigenvalue weighted by Gasteiger charge is -2.08. The summed E-state index contributed by atoms with van der Waals surface area (Å²) in [6.45, 7) is 8.29. The van der Waals surface area contributed by atoms with Crippen LogP contribution >= 0.6 is 0 Å². The summed E-state index contributed by atoms with van der Waals surface area (Å²) in [6, 6.07) is 8.22. The minimum atomic E-state index is -0.478. The molecule has 2 aromatic heterocycles. The standard InChI is InChI=1S/C20H24N6O3/c1-13-6-5-7-17(10-13)11-25-16(4)20(15(3)23-25)21-19(27)8-9-24-12-18(26(28)29)14(2)22-24/h5-7,10,12H,8-9,11H2,1-4H3,(H,21,27). The zero-order valence-corrected chi connectivity index (χ0v) is 17.0. The number of aryl methyl sites for hydroxylation is 4. The van der Waals surface area contributed by atoms with Crippen LogP contribution < -0.4 is 5.32 Å². The smallest absolute Gasteiger partial charge is 0.309 e. The minimum absolute atomic E-state index is 0.0467. The fourth-order valence-electron chi connectivity index (χ4n) is 3.23. The van der Waals surface area contributed by atoms with Crippen LogP contribution in [0.2, 0.25) is 0 Å². The molecule has 0 aliphatic rings. The number of benzene rings is 1. The van der Waals surface area contributed by atoms with Crippen LogP contribution in [0.3, 0.4) is 0 Å². The van der Waals surface area contributed by atoms with Gasteiger partial charge in [-0.05, 0) is 33.3 Å². The fraction of sp³-hybridized carbons (Fsp3) is 0.350. The molecule has 0 bridgehead atoms. The van der Waals surface area contributed by atoms with Gasteiger partial charge in [0.05, 0.1) is 28.5 Å². The van der Waals surface area contributed by atoms with Gasteiger partial charge in [0.15, 0.2) is 0 Å². The van der Waals surface area contributed by atoms with Gasteiger partial charge in [0.1, 0.15) is 11.9 Å². The third kappa shape index (κ3) is 4.68. The minimum Gasteiger partial charge on any atom is -0.323 e. The van der Waals surface area contributed by atoms with Crippen molar-refractivity contribution in [1.82, 2.24) is 19.6 Å². The number of rotatable bonds is 7. The summed E-state index contributed by atoms with van der Waals surface area (Å²) in [7, 11) is 0. The summed E-state index contributed by atoms with van der Waals surface area (Å²) in [5.41, 5.74) is 4.94. The van der Waals surface area contributed by atoms with Crippen molar-refractivity contribution in [3.05, 3.63) is 68.8 Å². The monoisotopic (exact) mass is 396 g/mol. The van der Waals surface area contributed by atoms with E-state index in [0.717, 1.165) is 17.0 Å². The number of nitrogens with one attached hydrogen (secondary N) is 1. The second-order valence-electron chi connectivity index (χ2n) is 7.11. The Labute approximate surface area is 168 Å². The van der Waals surface area contributed by atoms with Crippen LogP contribution in [0.5, 0.6) is 0 Å². The van der Waals surface area contributed by atoms with Crippen LogP contribution in [0, 0.1) is 37.8 Å². The molecule has 29 heavy (non-hydrogen) atoms. The molecule has 1 aromatic carbocycles. The molecule has 0 fully saturated rings. The van der Waals surface area contributed by atoms with E-state index >= 15 is 0 Å². The maximum Gasteiger partial charge on any atom is 0.309 e. The van der Waals surface area contributed by atoms with Crippen molar-refractivity contribution < 1.29 is 9.72 Å². The number of carbonyl (C=O) groups is 1. The van der Waals surface area contributed by atoms with Crippen molar-refractivity contribution in [3.8, 4) is 0 Å². The fourth-order valence-corrected chi connectivity index (χ4v) is 3.23. The molecule has 2 heterocycles. The maximum atomic E-state index is 12.4. The molecule has 9 nitrogen and oxygen atoms in total. The summed E-state index contributed by atoms with van der Waals surface area (Å²) in [5, 5.41) is 22.5. The van der Waals surface area contributed by atoms with Crippen molar-refractivity contribution in [1.29, 1.82) is 0 Å². The maximum absolute atomic E-state index is 12.4. The Hall–Kier alpha value is -3.49. The molecular weight excluding hydrogens is 372 g/mol. The number of aromatic nitrogens is 4. The summed E-state index contributed by atoms with van der Waals surface area (Å²) < 4.78 is 3.30. The first-order valence-corrected chi connectivity index (χ1v) is 9.32. The average Bonchev–Trinajstić information content (AvgIpc) is 3.15. The zero-order valence-electron chi connectivity index (χ0n) is 17.0. The Morgan fingerprint density at radius 2 is 1.93 bits per heavy atom. The van der Waals surface area contributed by atoms with Crippen molar-refractivity contribution >= 4 is 17.3 Å². The lowest BCUT2D eigenvalue weighted by molar-refractivity contribution is -0.385. The van der Waals surface area contributed by atoms with E-state index in [2.05, 4.69) is 21.6 Å². The Balaban J connectivity index is 1.65. The molecule has 152 valence electrons. The van der Waals surface area contributed by atoms with Gasteiger partial charge in [0.25, 0.3) is 0 Å². The first kappa shape index (κ1) is 20.2. The lowest BCUT2D eigenvalue weighted by atomic mass is 10.1. The first-order valence-electron chi connectivity index (χ1n) is 9.32. The van der Waals surface area contributed by atoms with Crippen LogP contribution in [0.1, 0.15) is 34.6 Å². The van der Waals surface area contributed by atoms with Gasteiger partial charge in [-0.2, -0.15) is 10.2 Å². The summed E-state index contributed by atoms with van der Waals surface area (Å²) in [4.78, 5) is 22.8. The lowest BCUT2D eigenvalue weighted by Crippen LogP contribution is -2.16. The number of anilines is 1. The molecule has 1 N–H and O–H groups in total. The van der Waals surface area contributed by atoms with E-state index in [1.165, 1.54) is 16.4 Å². The molecule has 9 heteroatoms. The molecule has 0 atom stereocenters. The third-order valence-electron chi connectivity index (χ3n) is 4.75. The van der Waals surface area contributed by atoms with Crippen molar-refractivity contribution in [2.75, 3.05) is 5.32 Å². The number of hydrogen-bond donors (Lipinski definition) is 1. The molecule has 0 saturated carbocycles. The molecule has 0 spiro atoms. The molecule has 0 aliphatic heterocycles. The van der Waals surface area contributed by atoms with Gasteiger partial charge in [-0.1, -0.05) is 29.8 Å². The van der Waals surface area contributed by atoms with E-state index in [4.69, 9.17) is 0 Å². The van der Waals surface area contributed by atoms with E-state index in [9.17, 15) is 14.9 Å². The van der Waals surface area contributed by atoms with Gasteiger partial charge < -0.3 is 5.32 Å². The van der Waals surface area contributed by atoms with Crippen LogP contribution in [0.15, 0.2) is 30.5 Å². The van der Waals surface area contributed by atoms with E-state index in [-0.39, 0.29) is 24.6 Å². The van der Waals surface area contributed by atoms with Gasteiger partial charge in [-0.3, -0.25) is 24.3 Å². The number of carbonyl (C=O) groups excluding carboxylic acids is 1. The van der Waals surface area contributed by atoms with Gasteiger partial charge in [0.2, 0.25) is 5.91 Å². The van der Waals surface area contributed by atoms with Crippen molar-refractivity contribution in [2.24, 2.45) is 0 Å². The normalized spacial score (nSPS) is 10.9. The third-order valence-corrected chi connectivity index (χ3v) is 4.75. The Bertz CT molecular complexity index is 1070. The molecule has 0 saturated heterocycles. The molecular formula is C20H24N6O3. The highest BCUT2D eigenvalue weighted by molar-refractivity contribution is 5.91. The molecule has 1 amide bonds. The second kappa shape index (κ2) is 8.26. The van der Waals surface area contributed by atoms with Crippen LogP contribution in [-0.2, 0) is 17.9 Å². The van der Waals surface area contributed by atoms with E-state index < -0.39 is 4.92 Å². The van der Waals surface area contributed by atoms with Crippen LogP contribution in [0.25, 0.3) is 0 Å². The Kier molecular flexibility index (Phi) is 5.76. The van der Waals surface area contributed by atoms with E-state index in [1.54, 1.807) is 6.92 Å². The molecule has 0 aliphatic carbocycles. The summed E-state index contributed by atoms with van der Waals surface area (Å²) in [6.07, 6.45) is 1.50. The average molecular weight is 396 g/mol. The first-order chi connectivity index (χ1) is 13.7. The number of nitrogens with zero attached hydrogens (tertiary/aromatic N) is 5. The molecule has 3 aromatic rings. The highest BCUT2D eigenvalue weighted by Crippen LogP contribution is 2.21. The summed E-state index contributed by atoms with van der Waals surface area (Å²) in [5.74, 6) is -0.192. The zero-order chi connectivity index (χ0) is 21.1. The number of nitro groups is 1. The van der Waals surface area contributed by atoms with Crippen LogP contribution in [-0.4, -0.2) is 30.4 Å². The second-order valence-corrected chi connectivity index (χ2v) is 7.11. The predicted molar refractivity (Wildman–Crippen MR) is 109 cm³/mol. The van der Waals surface area contributed by atoms with Gasteiger partial charge in [-0.15, -0.1) is 0 Å². The summed E-state index contributed by atoms with van der Waals surface area (Å²) >= 11 is 0. The van der Waals surface area contributed by atoms with Crippen LogP contribution in [0.4, 0.5) is 11.4 Å². The molecule has 0 radical (unpaired) electrons. The predicted octanol–water partition coefficient (Wildman–Crippen LogP) is 3.30. The molecule has 3 rings (SSSR count). The molecule has 0 unspecified atom stereocenters. The van der Waals surface area contributed by atoms with Crippen molar-refractivity contribution in [2.45, 2.75) is 47.2 Å². The Morgan fingerprint density at radius 1 is 1.17 bits per heavy atom. The van der Waals surface area contributed by atoms with Gasteiger partial charge in [-0.25, -0.2) is 0 Å².